The first-order valence-corrected chi connectivity index (χ1v) is 13.3. The van der Waals surface area contributed by atoms with Crippen LogP contribution in [0.4, 0.5) is 19.0 Å². The van der Waals surface area contributed by atoms with Gasteiger partial charge in [-0.05, 0) is 35.9 Å². The molecule has 0 unspecified atom stereocenters. The summed E-state index contributed by atoms with van der Waals surface area (Å²) in [5.41, 5.74) is 2.05. The van der Waals surface area contributed by atoms with Gasteiger partial charge < -0.3 is 4.90 Å². The van der Waals surface area contributed by atoms with Crippen LogP contribution in [0.1, 0.15) is 11.3 Å². The number of pyridine rings is 1. The van der Waals surface area contributed by atoms with Crippen LogP contribution in [0.15, 0.2) is 73.2 Å². The highest BCUT2D eigenvalue weighted by molar-refractivity contribution is 6.33. The number of alkyl halides is 3. The van der Waals surface area contributed by atoms with Gasteiger partial charge in [-0.15, -0.1) is 0 Å². The van der Waals surface area contributed by atoms with Crippen molar-refractivity contribution in [2.24, 2.45) is 0 Å². The smallest absolute Gasteiger partial charge is 0.352 e. The van der Waals surface area contributed by atoms with E-state index in [1.54, 1.807) is 22.8 Å². The summed E-state index contributed by atoms with van der Waals surface area (Å²) in [5, 5.41) is 1.19. The zero-order valence-electron chi connectivity index (χ0n) is 21.0. The van der Waals surface area contributed by atoms with Gasteiger partial charge in [0.25, 0.3) is 0 Å². The lowest BCUT2D eigenvalue weighted by atomic mass is 10.2. The summed E-state index contributed by atoms with van der Waals surface area (Å²) in [6.07, 6.45) is -1.94. The number of piperazine rings is 1. The molecular formula is C28H22Cl2F3N7. The van der Waals surface area contributed by atoms with E-state index in [0.29, 0.717) is 52.2 Å². The van der Waals surface area contributed by atoms with Gasteiger partial charge >= 0.3 is 6.18 Å². The van der Waals surface area contributed by atoms with Crippen molar-refractivity contribution in [3.8, 4) is 17.1 Å². The molecule has 4 heterocycles. The van der Waals surface area contributed by atoms with Crippen LogP contribution in [0.3, 0.4) is 0 Å². The Morgan fingerprint density at radius 1 is 0.800 bits per heavy atom. The number of hydrogen-bond donors (Lipinski definition) is 0. The highest BCUT2D eigenvalue weighted by atomic mass is 35.5. The van der Waals surface area contributed by atoms with E-state index in [1.165, 1.54) is 18.6 Å². The summed E-state index contributed by atoms with van der Waals surface area (Å²) in [7, 11) is 0. The van der Waals surface area contributed by atoms with Crippen molar-refractivity contribution in [2.45, 2.75) is 12.7 Å². The average Bonchev–Trinajstić information content (AvgIpc) is 3.34. The summed E-state index contributed by atoms with van der Waals surface area (Å²) in [6.45, 7) is 3.73. The molecule has 7 nitrogen and oxygen atoms in total. The molecule has 40 heavy (non-hydrogen) atoms. The Bertz CT molecular complexity index is 1660. The molecule has 1 fully saturated rings. The van der Waals surface area contributed by atoms with E-state index in [-0.39, 0.29) is 0 Å². The second-order valence-corrected chi connectivity index (χ2v) is 10.2. The normalized spacial score (nSPS) is 14.7. The van der Waals surface area contributed by atoms with Crippen LogP contribution in [0, 0.1) is 0 Å². The fourth-order valence-electron chi connectivity index (χ4n) is 4.85. The highest BCUT2D eigenvalue weighted by Crippen LogP contribution is 2.35. The van der Waals surface area contributed by atoms with E-state index in [4.69, 9.17) is 28.2 Å². The first-order chi connectivity index (χ1) is 19.3. The first-order valence-electron chi connectivity index (χ1n) is 12.5. The zero-order chi connectivity index (χ0) is 27.9. The molecule has 0 amide bonds. The fraction of sp³-hybridized carbons (Fsp3) is 0.214. The van der Waals surface area contributed by atoms with Crippen LogP contribution in [-0.4, -0.2) is 55.6 Å². The Labute approximate surface area is 237 Å². The monoisotopic (exact) mass is 583 g/mol. The molecule has 0 aliphatic carbocycles. The molecule has 204 valence electrons. The third kappa shape index (κ3) is 5.10. The van der Waals surface area contributed by atoms with Crippen LogP contribution in [0.2, 0.25) is 10.0 Å². The predicted molar refractivity (Wildman–Crippen MR) is 149 cm³/mol. The number of aromatic nitrogens is 5. The Hall–Kier alpha value is -3.73. The summed E-state index contributed by atoms with van der Waals surface area (Å²) in [5.74, 6) is 1.08. The number of halogens is 5. The predicted octanol–water partition coefficient (Wildman–Crippen LogP) is 6.53. The maximum Gasteiger partial charge on any atom is 0.433 e. The van der Waals surface area contributed by atoms with Crippen LogP contribution < -0.4 is 4.90 Å². The minimum Gasteiger partial charge on any atom is -0.352 e. The van der Waals surface area contributed by atoms with E-state index in [1.807, 2.05) is 30.3 Å². The van der Waals surface area contributed by atoms with Crippen molar-refractivity contribution in [3.63, 3.8) is 0 Å². The molecule has 12 heteroatoms. The molecule has 5 aromatic rings. The number of rotatable bonds is 5. The van der Waals surface area contributed by atoms with E-state index >= 15 is 0 Å². The number of benzene rings is 2. The molecule has 1 aliphatic heterocycles. The van der Waals surface area contributed by atoms with Gasteiger partial charge in [-0.3, -0.25) is 9.47 Å². The van der Waals surface area contributed by atoms with Crippen molar-refractivity contribution in [1.29, 1.82) is 0 Å². The second-order valence-electron chi connectivity index (χ2n) is 9.37. The number of hydrogen-bond acceptors (Lipinski definition) is 6. The zero-order valence-corrected chi connectivity index (χ0v) is 22.5. The summed E-state index contributed by atoms with van der Waals surface area (Å²) in [6, 6.07) is 17.3. The van der Waals surface area contributed by atoms with Crippen LogP contribution in [-0.2, 0) is 12.7 Å². The fourth-order valence-corrected chi connectivity index (χ4v) is 5.27. The maximum absolute atomic E-state index is 13.2. The molecule has 3 aromatic heterocycles. The minimum absolute atomic E-state index is 0.375. The Morgan fingerprint density at radius 3 is 2.20 bits per heavy atom. The van der Waals surface area contributed by atoms with E-state index < -0.39 is 11.9 Å². The molecule has 0 saturated carbocycles. The topological polar surface area (TPSA) is 63.0 Å². The highest BCUT2D eigenvalue weighted by Gasteiger charge is 2.32. The molecule has 6 rings (SSSR count). The van der Waals surface area contributed by atoms with E-state index in [0.717, 1.165) is 36.3 Å². The lowest BCUT2D eigenvalue weighted by Gasteiger charge is -2.35. The molecule has 0 bridgehead atoms. The lowest BCUT2D eigenvalue weighted by Crippen LogP contribution is -2.46. The number of fused-ring (bicyclic) bond motifs is 1. The van der Waals surface area contributed by atoms with Crippen LogP contribution >= 0.6 is 23.2 Å². The molecule has 1 saturated heterocycles. The molecule has 0 N–H and O–H groups in total. The average molecular weight is 584 g/mol. The molecule has 1 aliphatic rings. The van der Waals surface area contributed by atoms with E-state index in [2.05, 4.69) is 24.8 Å². The number of nitrogens with zero attached hydrogens (tertiary/aromatic N) is 7. The van der Waals surface area contributed by atoms with Gasteiger partial charge in [-0.2, -0.15) is 13.2 Å². The Kier molecular flexibility index (Phi) is 7.07. The first kappa shape index (κ1) is 26.5. The lowest BCUT2D eigenvalue weighted by molar-refractivity contribution is -0.141. The Balaban J connectivity index is 1.37. The van der Waals surface area contributed by atoms with Crippen molar-refractivity contribution >= 4 is 40.2 Å². The quantitative estimate of drug-likeness (QED) is 0.234. The summed E-state index contributed by atoms with van der Waals surface area (Å²) >= 11 is 12.9. The summed E-state index contributed by atoms with van der Waals surface area (Å²) < 4.78 is 41.3. The van der Waals surface area contributed by atoms with E-state index in [9.17, 15) is 13.2 Å². The largest absolute Gasteiger partial charge is 0.433 e. The molecule has 0 radical (unpaired) electrons. The third-order valence-electron chi connectivity index (χ3n) is 6.86. The van der Waals surface area contributed by atoms with Gasteiger partial charge in [-0.25, -0.2) is 19.9 Å². The molecule has 2 aromatic carbocycles. The van der Waals surface area contributed by atoms with Gasteiger partial charge in [0.1, 0.15) is 17.8 Å². The number of anilines is 1. The van der Waals surface area contributed by atoms with Gasteiger partial charge in [0, 0.05) is 43.3 Å². The minimum atomic E-state index is -4.55. The van der Waals surface area contributed by atoms with Gasteiger partial charge in [0.15, 0.2) is 17.0 Å². The van der Waals surface area contributed by atoms with Crippen molar-refractivity contribution in [2.75, 3.05) is 31.1 Å². The van der Waals surface area contributed by atoms with Crippen molar-refractivity contribution in [3.05, 3.63) is 94.5 Å². The third-order valence-corrected chi connectivity index (χ3v) is 7.56. The van der Waals surface area contributed by atoms with Gasteiger partial charge in [0.2, 0.25) is 0 Å². The molecule has 0 spiro atoms. The standard InChI is InChI=1S/C28H22Cl2F3N7/c29-21-7-3-1-5-18(21)16-38-11-13-39(14-12-38)26-24-27(36-17-35-26)40(19-9-10-23(34-15-19)28(31,32)33)25(37-24)20-6-2-4-8-22(20)30/h1-10,15,17H,11-14,16H2. The van der Waals surface area contributed by atoms with Gasteiger partial charge in [-0.1, -0.05) is 53.5 Å². The van der Waals surface area contributed by atoms with Crippen molar-refractivity contribution < 1.29 is 13.2 Å². The second kappa shape index (κ2) is 10.7. The Morgan fingerprint density at radius 2 is 1.52 bits per heavy atom. The van der Waals surface area contributed by atoms with Crippen molar-refractivity contribution in [1.82, 2.24) is 29.4 Å². The molecular weight excluding hydrogens is 562 g/mol. The number of imidazole rings is 1. The SMILES string of the molecule is FC(F)(F)c1ccc(-n2c(-c3ccccc3Cl)nc3c(N4CCN(Cc5ccccc5Cl)CC4)ncnc32)cn1. The molecule has 0 atom stereocenters. The maximum atomic E-state index is 13.2. The van der Waals surface area contributed by atoms with Crippen LogP contribution in [0.5, 0.6) is 0 Å². The summed E-state index contributed by atoms with van der Waals surface area (Å²) in [4.78, 5) is 22.1. The van der Waals surface area contributed by atoms with Crippen LogP contribution in [0.25, 0.3) is 28.2 Å². The van der Waals surface area contributed by atoms with Gasteiger partial charge in [0.05, 0.1) is 16.9 Å².